The van der Waals surface area contributed by atoms with Crippen LogP contribution in [0.4, 0.5) is 10.5 Å². The summed E-state index contributed by atoms with van der Waals surface area (Å²) in [5, 5.41) is 13.3. The van der Waals surface area contributed by atoms with E-state index in [9.17, 15) is 9.59 Å². The van der Waals surface area contributed by atoms with Crippen molar-refractivity contribution < 1.29 is 14.7 Å². The van der Waals surface area contributed by atoms with Gasteiger partial charge in [0, 0.05) is 41.8 Å². The zero-order chi connectivity index (χ0) is 21.1. The number of hydrogen-bond acceptors (Lipinski definition) is 4. The van der Waals surface area contributed by atoms with Crippen LogP contribution in [0.25, 0.3) is 33.1 Å². The Hall–Kier alpha value is -3.65. The van der Waals surface area contributed by atoms with Gasteiger partial charge in [0.05, 0.1) is 22.4 Å². The molecule has 1 aromatic carbocycles. The van der Waals surface area contributed by atoms with Crippen LogP contribution in [0.1, 0.15) is 6.42 Å². The van der Waals surface area contributed by atoms with Gasteiger partial charge >= 0.3 is 6.09 Å². The van der Waals surface area contributed by atoms with Crippen molar-refractivity contribution in [3.05, 3.63) is 53.9 Å². The number of carbonyl (C=O) groups excluding carboxylic acids is 1. The molecular weight excluding hydrogens is 406 g/mol. The zero-order valence-electron chi connectivity index (χ0n) is 15.8. The number of H-pyrrole nitrogens is 1. The van der Waals surface area contributed by atoms with E-state index in [1.807, 2.05) is 36.5 Å². The summed E-state index contributed by atoms with van der Waals surface area (Å²) in [6.07, 6.45) is 5.29. The Labute approximate surface area is 176 Å². The summed E-state index contributed by atoms with van der Waals surface area (Å²) in [5.74, 6) is 0. The minimum atomic E-state index is -1.09. The smallest absolute Gasteiger partial charge is 0.404 e. The Morgan fingerprint density at radius 2 is 2.17 bits per heavy atom. The monoisotopic (exact) mass is 423 g/mol. The molecule has 0 spiro atoms. The van der Waals surface area contributed by atoms with Crippen LogP contribution < -0.4 is 10.2 Å². The number of nitrogens with one attached hydrogen (secondary N) is 2. The summed E-state index contributed by atoms with van der Waals surface area (Å²) < 4.78 is 0. The van der Waals surface area contributed by atoms with Gasteiger partial charge in [-0.05, 0) is 36.2 Å². The van der Waals surface area contributed by atoms with Crippen molar-refractivity contribution in [2.75, 3.05) is 18.0 Å². The minimum Gasteiger partial charge on any atom is -0.465 e. The van der Waals surface area contributed by atoms with Crippen LogP contribution in [0.15, 0.2) is 48.9 Å². The van der Waals surface area contributed by atoms with E-state index >= 15 is 0 Å². The van der Waals surface area contributed by atoms with Gasteiger partial charge in [0.15, 0.2) is 0 Å². The Bertz CT molecular complexity index is 1240. The van der Waals surface area contributed by atoms with E-state index < -0.39 is 6.09 Å². The maximum Gasteiger partial charge on any atom is 0.404 e. The number of halogens is 1. The maximum atomic E-state index is 11.6. The third-order valence-electron chi connectivity index (χ3n) is 4.80. The molecule has 0 saturated heterocycles. The number of anilines is 1. The molecule has 0 aliphatic rings. The lowest BCUT2D eigenvalue weighted by molar-refractivity contribution is -0.107. The van der Waals surface area contributed by atoms with E-state index in [0.717, 1.165) is 27.4 Å². The van der Waals surface area contributed by atoms with Crippen molar-refractivity contribution in [1.29, 1.82) is 0 Å². The van der Waals surface area contributed by atoms with Crippen molar-refractivity contribution in [1.82, 2.24) is 20.3 Å². The molecule has 3 aromatic heterocycles. The quantitative estimate of drug-likeness (QED) is 0.306. The third-order valence-corrected chi connectivity index (χ3v) is 5.09. The molecule has 3 heterocycles. The van der Waals surface area contributed by atoms with Crippen LogP contribution in [0, 0.1) is 0 Å². The van der Waals surface area contributed by atoms with E-state index in [1.54, 1.807) is 12.4 Å². The minimum absolute atomic E-state index is 0.258. The van der Waals surface area contributed by atoms with E-state index in [0.29, 0.717) is 35.7 Å². The largest absolute Gasteiger partial charge is 0.465 e. The Morgan fingerprint density at radius 1 is 1.30 bits per heavy atom. The average molecular weight is 424 g/mol. The van der Waals surface area contributed by atoms with Crippen molar-refractivity contribution in [2.24, 2.45) is 0 Å². The second-order valence-corrected chi connectivity index (χ2v) is 7.12. The van der Waals surface area contributed by atoms with Gasteiger partial charge in [0.25, 0.3) is 0 Å². The van der Waals surface area contributed by atoms with Crippen LogP contribution in [0.5, 0.6) is 0 Å². The van der Waals surface area contributed by atoms with Gasteiger partial charge in [-0.15, -0.1) is 0 Å². The fourth-order valence-electron chi connectivity index (χ4n) is 3.38. The fraction of sp³-hybridized carbons (Fsp3) is 0.143. The van der Waals surface area contributed by atoms with Gasteiger partial charge in [-0.2, -0.15) is 0 Å². The van der Waals surface area contributed by atoms with Gasteiger partial charge in [-0.3, -0.25) is 9.78 Å². The molecule has 0 bridgehead atoms. The molecule has 0 saturated carbocycles. The highest BCUT2D eigenvalue weighted by Crippen LogP contribution is 2.34. The topological polar surface area (TPSA) is 111 Å². The molecule has 2 amide bonds. The maximum absolute atomic E-state index is 11.6. The van der Waals surface area contributed by atoms with Crippen LogP contribution in [0.2, 0.25) is 5.02 Å². The molecule has 4 rings (SSSR count). The van der Waals surface area contributed by atoms with Crippen LogP contribution >= 0.6 is 11.6 Å². The predicted octanol–water partition coefficient (Wildman–Crippen LogP) is 4.05. The summed E-state index contributed by atoms with van der Waals surface area (Å²) in [6.45, 7) is 0.624. The van der Waals surface area contributed by atoms with Gasteiger partial charge in [-0.25, -0.2) is 9.78 Å². The summed E-state index contributed by atoms with van der Waals surface area (Å²) in [7, 11) is 0. The molecule has 8 nitrogen and oxygen atoms in total. The van der Waals surface area contributed by atoms with E-state index in [1.165, 1.54) is 4.90 Å². The number of carbonyl (C=O) groups is 2. The van der Waals surface area contributed by atoms with E-state index in [-0.39, 0.29) is 6.54 Å². The summed E-state index contributed by atoms with van der Waals surface area (Å²) >= 11 is 6.44. The number of benzene rings is 1. The Balaban J connectivity index is 1.68. The summed E-state index contributed by atoms with van der Waals surface area (Å²) in [5.41, 5.74) is 3.87. The SMILES string of the molecule is O=CN(CCCNC(=O)O)c1cnc2[nH]cc(-c3cc(Cl)c4ncccc4c3)c2c1. The number of nitrogens with zero attached hydrogens (tertiary/aromatic N) is 3. The summed E-state index contributed by atoms with van der Waals surface area (Å²) in [4.78, 5) is 35.5. The number of aromatic amines is 1. The molecule has 4 aromatic rings. The molecule has 0 atom stereocenters. The normalized spacial score (nSPS) is 11.0. The van der Waals surface area contributed by atoms with Crippen LogP contribution in [-0.4, -0.2) is 45.7 Å². The Kier molecular flexibility index (Phi) is 5.49. The van der Waals surface area contributed by atoms with Gasteiger partial charge in [-0.1, -0.05) is 17.7 Å². The van der Waals surface area contributed by atoms with Crippen LogP contribution in [-0.2, 0) is 4.79 Å². The van der Waals surface area contributed by atoms with Gasteiger partial charge in [0.2, 0.25) is 6.41 Å². The van der Waals surface area contributed by atoms with Crippen LogP contribution in [0.3, 0.4) is 0 Å². The van der Waals surface area contributed by atoms with Gasteiger partial charge < -0.3 is 20.3 Å². The number of fused-ring (bicyclic) bond motifs is 2. The van der Waals surface area contributed by atoms with Crippen molar-refractivity contribution in [3.8, 4) is 11.1 Å². The first-order valence-electron chi connectivity index (χ1n) is 9.27. The Morgan fingerprint density at radius 3 is 2.97 bits per heavy atom. The number of aromatic nitrogens is 3. The molecule has 0 radical (unpaired) electrons. The second-order valence-electron chi connectivity index (χ2n) is 6.71. The predicted molar refractivity (Wildman–Crippen MR) is 116 cm³/mol. The lowest BCUT2D eigenvalue weighted by atomic mass is 10.0. The first-order chi connectivity index (χ1) is 14.6. The zero-order valence-corrected chi connectivity index (χ0v) is 16.6. The lowest BCUT2D eigenvalue weighted by Gasteiger charge is -2.17. The molecule has 9 heteroatoms. The second kappa shape index (κ2) is 8.38. The first-order valence-corrected chi connectivity index (χ1v) is 9.65. The molecule has 152 valence electrons. The highest BCUT2D eigenvalue weighted by Gasteiger charge is 2.13. The molecular formula is C21H18ClN5O3. The average Bonchev–Trinajstić information content (AvgIpc) is 3.17. The summed E-state index contributed by atoms with van der Waals surface area (Å²) in [6, 6.07) is 9.57. The highest BCUT2D eigenvalue weighted by atomic mass is 35.5. The van der Waals surface area contributed by atoms with Gasteiger partial charge in [0.1, 0.15) is 5.65 Å². The number of hydrogen-bond donors (Lipinski definition) is 3. The number of rotatable bonds is 7. The molecule has 0 aliphatic carbocycles. The van der Waals surface area contributed by atoms with Crippen molar-refractivity contribution in [3.63, 3.8) is 0 Å². The van der Waals surface area contributed by atoms with E-state index in [4.69, 9.17) is 16.7 Å². The number of pyridine rings is 2. The fourth-order valence-corrected chi connectivity index (χ4v) is 3.65. The van der Waals surface area contributed by atoms with E-state index in [2.05, 4.69) is 20.3 Å². The molecule has 30 heavy (non-hydrogen) atoms. The lowest BCUT2D eigenvalue weighted by Crippen LogP contribution is -2.28. The molecule has 0 aliphatic heterocycles. The number of carboxylic acid groups (broad SMARTS) is 1. The first kappa shape index (κ1) is 19.7. The highest BCUT2D eigenvalue weighted by molar-refractivity contribution is 6.35. The molecule has 3 N–H and O–H groups in total. The third kappa shape index (κ3) is 3.90. The van der Waals surface area contributed by atoms with Crippen molar-refractivity contribution in [2.45, 2.75) is 6.42 Å². The van der Waals surface area contributed by atoms with Crippen molar-refractivity contribution >= 4 is 51.7 Å². The number of amides is 2. The molecule has 0 unspecified atom stereocenters. The standard InChI is InChI=1S/C21H18ClN5O3/c22-18-8-14(7-13-3-1-4-23-19(13)18)17-11-26-20-16(17)9-15(10-25-20)27(12-28)6-2-5-24-21(29)30/h1,3-4,7-12,24H,2,5-6H2,(H,25,26)(H,29,30). The molecule has 0 fully saturated rings.